The SMILES string of the molecule is CCCCCCCCCCCCCCCCCCCCC(=O)O[C@H](COC(=O)CCCCCCCCCCCCCCCCC)COP(=O)(O)OC[C@@H](O)COP(=O)(O)OC[C@@H](COC(=O)CCCCCCC)OC(=O)CCCCCCCCCCCCCCC. The zero-order valence-corrected chi connectivity index (χ0v) is 60.6. The molecule has 17 nitrogen and oxygen atoms in total. The van der Waals surface area contributed by atoms with E-state index in [1.54, 1.807) is 0 Å². The molecule has 0 aliphatic heterocycles. The van der Waals surface area contributed by atoms with Crippen molar-refractivity contribution in [2.24, 2.45) is 0 Å². The first-order valence-electron chi connectivity index (χ1n) is 37.8. The lowest BCUT2D eigenvalue weighted by Crippen LogP contribution is -2.30. The number of carbonyl (C=O) groups excluding carboxylic acids is 4. The van der Waals surface area contributed by atoms with Crippen LogP contribution in [-0.4, -0.2) is 96.7 Å². The molecule has 540 valence electrons. The Labute approximate surface area is 556 Å². The van der Waals surface area contributed by atoms with Crippen LogP contribution in [0.25, 0.3) is 0 Å². The zero-order valence-electron chi connectivity index (χ0n) is 58.8. The molecule has 0 amide bonds. The first kappa shape index (κ1) is 89.1. The molecule has 3 N–H and O–H groups in total. The Morgan fingerprint density at radius 3 is 0.648 bits per heavy atom. The number of hydrogen-bond donors (Lipinski definition) is 3. The predicted octanol–water partition coefficient (Wildman–Crippen LogP) is 21.1. The van der Waals surface area contributed by atoms with Crippen LogP contribution in [-0.2, 0) is 65.4 Å². The Morgan fingerprint density at radius 1 is 0.264 bits per heavy atom. The second-order valence-electron chi connectivity index (χ2n) is 26.0. The first-order chi connectivity index (χ1) is 44.2. The van der Waals surface area contributed by atoms with Gasteiger partial charge in [0, 0.05) is 25.7 Å². The van der Waals surface area contributed by atoms with Crippen molar-refractivity contribution in [3.05, 3.63) is 0 Å². The van der Waals surface area contributed by atoms with Gasteiger partial charge in [-0.05, 0) is 25.7 Å². The summed E-state index contributed by atoms with van der Waals surface area (Å²) in [5.74, 6) is -2.13. The molecule has 0 aromatic rings. The Morgan fingerprint density at radius 2 is 0.440 bits per heavy atom. The average Bonchev–Trinajstić information content (AvgIpc) is 3.39. The van der Waals surface area contributed by atoms with Gasteiger partial charge in [-0.25, -0.2) is 9.13 Å². The summed E-state index contributed by atoms with van der Waals surface area (Å²) >= 11 is 0. The lowest BCUT2D eigenvalue weighted by Gasteiger charge is -2.21. The van der Waals surface area contributed by atoms with Crippen molar-refractivity contribution < 1.29 is 80.2 Å². The molecule has 0 rings (SSSR count). The minimum absolute atomic E-state index is 0.107. The normalized spacial score (nSPS) is 14.0. The number of carbonyl (C=O) groups is 4. The molecular weight excluding hydrogens is 1200 g/mol. The van der Waals surface area contributed by atoms with E-state index in [0.717, 1.165) is 96.3 Å². The third-order valence-electron chi connectivity index (χ3n) is 16.9. The molecule has 0 heterocycles. The quantitative estimate of drug-likeness (QED) is 0.0222. The monoisotopic (exact) mass is 1340 g/mol. The second kappa shape index (κ2) is 66.7. The van der Waals surface area contributed by atoms with Gasteiger partial charge in [0.1, 0.15) is 19.3 Å². The molecule has 0 saturated carbocycles. The van der Waals surface area contributed by atoms with Crippen LogP contribution >= 0.6 is 15.6 Å². The Hall–Kier alpha value is -1.94. The van der Waals surface area contributed by atoms with Crippen molar-refractivity contribution in [2.75, 3.05) is 39.6 Å². The predicted molar refractivity (Wildman–Crippen MR) is 368 cm³/mol. The molecule has 0 aromatic heterocycles. The number of esters is 4. The van der Waals surface area contributed by atoms with Crippen LogP contribution < -0.4 is 0 Å². The van der Waals surface area contributed by atoms with Crippen molar-refractivity contribution in [3.63, 3.8) is 0 Å². The Bertz CT molecular complexity index is 1740. The highest BCUT2D eigenvalue weighted by atomic mass is 31.2. The summed E-state index contributed by atoms with van der Waals surface area (Å²) in [5, 5.41) is 10.6. The molecule has 0 fully saturated rings. The number of hydrogen-bond acceptors (Lipinski definition) is 15. The summed E-state index contributed by atoms with van der Waals surface area (Å²) in [6.07, 6.45) is 55.8. The molecule has 5 atom stereocenters. The van der Waals surface area contributed by atoms with Crippen molar-refractivity contribution in [2.45, 2.75) is 399 Å². The van der Waals surface area contributed by atoms with E-state index >= 15 is 0 Å². The van der Waals surface area contributed by atoms with Crippen LogP contribution in [0.15, 0.2) is 0 Å². The first-order valence-corrected chi connectivity index (χ1v) is 40.8. The third-order valence-corrected chi connectivity index (χ3v) is 18.8. The maximum absolute atomic E-state index is 13.0. The summed E-state index contributed by atoms with van der Waals surface area (Å²) in [6.45, 7) is 4.88. The van der Waals surface area contributed by atoms with Crippen molar-refractivity contribution in [3.8, 4) is 0 Å². The summed E-state index contributed by atoms with van der Waals surface area (Å²) in [6, 6.07) is 0. The third kappa shape index (κ3) is 66.5. The van der Waals surface area contributed by atoms with E-state index in [1.807, 2.05) is 0 Å². The van der Waals surface area contributed by atoms with E-state index in [2.05, 4.69) is 27.7 Å². The summed E-state index contributed by atoms with van der Waals surface area (Å²) < 4.78 is 68.2. The van der Waals surface area contributed by atoms with Crippen molar-refractivity contribution in [1.82, 2.24) is 0 Å². The largest absolute Gasteiger partial charge is 0.472 e. The molecule has 0 bridgehead atoms. The van der Waals surface area contributed by atoms with Gasteiger partial charge in [0.05, 0.1) is 26.4 Å². The Balaban J connectivity index is 5.14. The number of phosphoric acid groups is 2. The molecule has 0 aliphatic rings. The molecule has 0 aliphatic carbocycles. The smallest absolute Gasteiger partial charge is 0.462 e. The summed E-state index contributed by atoms with van der Waals surface area (Å²) in [7, 11) is -9.89. The van der Waals surface area contributed by atoms with Crippen LogP contribution in [0.2, 0.25) is 0 Å². The molecule has 0 saturated heterocycles. The van der Waals surface area contributed by atoms with Gasteiger partial charge >= 0.3 is 39.5 Å². The van der Waals surface area contributed by atoms with E-state index < -0.39 is 97.5 Å². The van der Waals surface area contributed by atoms with Crippen LogP contribution in [0, 0.1) is 0 Å². The van der Waals surface area contributed by atoms with Crippen LogP contribution in [0.4, 0.5) is 0 Å². The van der Waals surface area contributed by atoms with Crippen molar-refractivity contribution in [1.29, 1.82) is 0 Å². The average molecular weight is 1340 g/mol. The van der Waals surface area contributed by atoms with E-state index in [1.165, 1.54) is 205 Å². The second-order valence-corrected chi connectivity index (χ2v) is 28.9. The highest BCUT2D eigenvalue weighted by Crippen LogP contribution is 2.45. The van der Waals surface area contributed by atoms with E-state index in [9.17, 15) is 43.2 Å². The minimum atomic E-state index is -4.95. The highest BCUT2D eigenvalue weighted by Gasteiger charge is 2.30. The van der Waals surface area contributed by atoms with Gasteiger partial charge in [-0.1, -0.05) is 329 Å². The van der Waals surface area contributed by atoms with Gasteiger partial charge in [-0.2, -0.15) is 0 Å². The topological polar surface area (TPSA) is 237 Å². The van der Waals surface area contributed by atoms with Gasteiger partial charge in [0.25, 0.3) is 0 Å². The number of rotatable bonds is 73. The molecule has 0 spiro atoms. The lowest BCUT2D eigenvalue weighted by atomic mass is 10.0. The van der Waals surface area contributed by atoms with E-state index in [-0.39, 0.29) is 25.7 Å². The molecule has 0 radical (unpaired) electrons. The van der Waals surface area contributed by atoms with Gasteiger partial charge in [0.15, 0.2) is 12.2 Å². The van der Waals surface area contributed by atoms with Gasteiger partial charge in [0.2, 0.25) is 0 Å². The number of unbranched alkanes of at least 4 members (excludes halogenated alkanes) is 47. The van der Waals surface area contributed by atoms with Crippen LogP contribution in [0.5, 0.6) is 0 Å². The number of aliphatic hydroxyl groups excluding tert-OH is 1. The number of ether oxygens (including phenoxy) is 4. The molecule has 91 heavy (non-hydrogen) atoms. The van der Waals surface area contributed by atoms with Crippen LogP contribution in [0.1, 0.15) is 381 Å². The van der Waals surface area contributed by atoms with Crippen LogP contribution in [0.3, 0.4) is 0 Å². The zero-order chi connectivity index (χ0) is 66.8. The fraction of sp³-hybridized carbons (Fsp3) is 0.944. The molecule has 0 aromatic carbocycles. The Kier molecular flexibility index (Phi) is 65.2. The highest BCUT2D eigenvalue weighted by molar-refractivity contribution is 7.47. The van der Waals surface area contributed by atoms with Gasteiger partial charge < -0.3 is 33.8 Å². The fourth-order valence-electron chi connectivity index (χ4n) is 11.0. The number of aliphatic hydroxyl groups is 1. The molecular formula is C72H140O17P2. The van der Waals surface area contributed by atoms with E-state index in [0.29, 0.717) is 25.7 Å². The molecule has 2 unspecified atom stereocenters. The van der Waals surface area contributed by atoms with E-state index in [4.69, 9.17) is 37.0 Å². The van der Waals surface area contributed by atoms with Crippen molar-refractivity contribution >= 4 is 39.5 Å². The maximum atomic E-state index is 13.0. The fourth-order valence-corrected chi connectivity index (χ4v) is 12.6. The standard InChI is InChI=1S/C72H140O17P2/c1-5-9-13-17-20-23-26-29-31-32-33-35-38-41-44-47-51-55-59-72(77)89-68(63-83-70(75)57-53-49-45-42-39-37-34-30-27-24-21-18-14-10-6-2)65-87-91(80,81)85-61-66(73)60-84-90(78,79)86-64-67(62-82-69(74)56-52-48-16-12-8-4)88-71(76)58-54-50-46-43-40-36-28-25-22-19-15-11-7-3/h66-68,73H,5-65H2,1-4H3,(H,78,79)(H,80,81)/t66-,67+,68+/m0/s1. The minimum Gasteiger partial charge on any atom is -0.462 e. The lowest BCUT2D eigenvalue weighted by molar-refractivity contribution is -0.161. The van der Waals surface area contributed by atoms with Gasteiger partial charge in [-0.3, -0.25) is 37.3 Å². The molecule has 19 heteroatoms. The summed E-state index contributed by atoms with van der Waals surface area (Å²) in [4.78, 5) is 72.4. The van der Waals surface area contributed by atoms with Gasteiger partial charge in [-0.15, -0.1) is 0 Å². The maximum Gasteiger partial charge on any atom is 0.472 e. The number of phosphoric ester groups is 2. The summed E-state index contributed by atoms with van der Waals surface area (Å²) in [5.41, 5.74) is 0.